The van der Waals surface area contributed by atoms with Crippen LogP contribution in [0.4, 0.5) is 4.79 Å². The highest BCUT2D eigenvalue weighted by Gasteiger charge is 2.15. The Balaban J connectivity index is 1.52. The highest BCUT2D eigenvalue weighted by atomic mass is 32.1. The fourth-order valence-electron chi connectivity index (χ4n) is 2.85. The van der Waals surface area contributed by atoms with Gasteiger partial charge in [-0.3, -0.25) is 4.98 Å². The summed E-state index contributed by atoms with van der Waals surface area (Å²) in [7, 11) is 0. The Labute approximate surface area is 164 Å². The summed E-state index contributed by atoms with van der Waals surface area (Å²) < 4.78 is 5.49. The first-order valence-corrected chi connectivity index (χ1v) is 10.1. The molecule has 0 spiro atoms. The fourth-order valence-corrected chi connectivity index (χ4v) is 3.36. The van der Waals surface area contributed by atoms with E-state index in [1.807, 2.05) is 36.4 Å². The van der Waals surface area contributed by atoms with Gasteiger partial charge in [-0.2, -0.15) is 0 Å². The first-order valence-electron chi connectivity index (χ1n) is 9.18. The van der Waals surface area contributed by atoms with E-state index in [1.54, 1.807) is 16.6 Å². The molecule has 0 aliphatic heterocycles. The normalized spacial score (nSPS) is 10.5. The molecule has 4 nitrogen and oxygen atoms in total. The number of unbranched alkanes of at least 4 members (excludes halogenated alkanes) is 1. The number of benzene rings is 2. The van der Waals surface area contributed by atoms with Gasteiger partial charge in [-0.15, -0.1) is 11.3 Å². The van der Waals surface area contributed by atoms with Gasteiger partial charge in [0, 0.05) is 19.3 Å². The van der Waals surface area contributed by atoms with Crippen molar-refractivity contribution in [2.75, 3.05) is 6.54 Å². The van der Waals surface area contributed by atoms with Crippen molar-refractivity contribution >= 4 is 17.4 Å². The molecule has 1 heterocycles. The maximum Gasteiger partial charge on any atom is 0.410 e. The summed E-state index contributed by atoms with van der Waals surface area (Å²) in [5.74, 6) is 0. The molecule has 1 aromatic heterocycles. The van der Waals surface area contributed by atoms with Crippen molar-refractivity contribution in [3.05, 3.63) is 88.4 Å². The molecule has 140 valence electrons. The molecule has 27 heavy (non-hydrogen) atoms. The Kier molecular flexibility index (Phi) is 7.42. The minimum absolute atomic E-state index is 0.271. The van der Waals surface area contributed by atoms with Crippen LogP contribution >= 0.6 is 11.3 Å². The minimum Gasteiger partial charge on any atom is -0.444 e. The summed E-state index contributed by atoms with van der Waals surface area (Å²) in [6.45, 7) is 1.52. The zero-order valence-electron chi connectivity index (χ0n) is 15.3. The van der Waals surface area contributed by atoms with E-state index in [0.717, 1.165) is 29.7 Å². The molecule has 0 aliphatic rings. The topological polar surface area (TPSA) is 42.4 Å². The minimum atomic E-state index is -0.271. The molecule has 0 N–H and O–H groups in total. The maximum absolute atomic E-state index is 12.6. The Bertz CT molecular complexity index is 792. The van der Waals surface area contributed by atoms with Gasteiger partial charge in [0.2, 0.25) is 0 Å². The van der Waals surface area contributed by atoms with Crippen LogP contribution in [0.2, 0.25) is 0 Å². The first kappa shape index (κ1) is 19.1. The van der Waals surface area contributed by atoms with Gasteiger partial charge < -0.3 is 9.64 Å². The van der Waals surface area contributed by atoms with Crippen LogP contribution in [0.25, 0.3) is 0 Å². The van der Waals surface area contributed by atoms with Crippen molar-refractivity contribution < 1.29 is 9.53 Å². The molecule has 0 saturated carbocycles. The van der Waals surface area contributed by atoms with E-state index >= 15 is 0 Å². The molecule has 3 aromatic rings. The monoisotopic (exact) mass is 380 g/mol. The number of nitrogens with zero attached hydrogens (tertiary/aromatic N) is 2. The van der Waals surface area contributed by atoms with Crippen molar-refractivity contribution in [3.8, 4) is 0 Å². The van der Waals surface area contributed by atoms with E-state index in [1.165, 1.54) is 16.9 Å². The van der Waals surface area contributed by atoms with Crippen molar-refractivity contribution in [3.63, 3.8) is 0 Å². The summed E-state index contributed by atoms with van der Waals surface area (Å²) >= 11 is 1.49. The van der Waals surface area contributed by atoms with Gasteiger partial charge >= 0.3 is 6.09 Å². The molecule has 5 heteroatoms. The van der Waals surface area contributed by atoms with Gasteiger partial charge in [0.15, 0.2) is 0 Å². The van der Waals surface area contributed by atoms with Crippen molar-refractivity contribution in [2.45, 2.75) is 32.4 Å². The van der Waals surface area contributed by atoms with Gasteiger partial charge in [-0.05, 0) is 30.4 Å². The van der Waals surface area contributed by atoms with E-state index in [4.69, 9.17) is 4.74 Å². The van der Waals surface area contributed by atoms with E-state index in [0.29, 0.717) is 13.1 Å². The van der Waals surface area contributed by atoms with Gasteiger partial charge in [-0.1, -0.05) is 60.7 Å². The number of carbonyl (C=O) groups is 1. The number of thiazole rings is 1. The second-order valence-corrected chi connectivity index (χ2v) is 7.34. The molecular formula is C22H24N2O2S. The third kappa shape index (κ3) is 6.53. The number of aryl methyl sites for hydroxylation is 1. The predicted molar refractivity (Wildman–Crippen MR) is 109 cm³/mol. The van der Waals surface area contributed by atoms with E-state index in [-0.39, 0.29) is 12.7 Å². The number of hydrogen-bond donors (Lipinski definition) is 0. The molecule has 1 amide bonds. The van der Waals surface area contributed by atoms with Gasteiger partial charge in [0.05, 0.1) is 10.4 Å². The second kappa shape index (κ2) is 10.5. The summed E-state index contributed by atoms with van der Waals surface area (Å²) in [4.78, 5) is 19.4. The molecule has 0 bridgehead atoms. The second-order valence-electron chi connectivity index (χ2n) is 6.37. The molecule has 0 saturated heterocycles. The van der Waals surface area contributed by atoms with Gasteiger partial charge in [0.1, 0.15) is 6.61 Å². The molecular weight excluding hydrogens is 356 g/mol. The number of hydrogen-bond acceptors (Lipinski definition) is 4. The third-order valence-corrected chi connectivity index (χ3v) is 5.04. The third-order valence-electron chi connectivity index (χ3n) is 4.28. The Morgan fingerprint density at radius 1 is 0.963 bits per heavy atom. The van der Waals surface area contributed by atoms with Crippen LogP contribution in [0, 0.1) is 0 Å². The van der Waals surface area contributed by atoms with Crippen LogP contribution in [-0.2, 0) is 24.3 Å². The average Bonchev–Trinajstić information content (AvgIpc) is 3.24. The number of carbonyl (C=O) groups excluding carboxylic acids is 1. The predicted octanol–water partition coefficient (Wildman–Crippen LogP) is 5.30. The van der Waals surface area contributed by atoms with Crippen molar-refractivity contribution in [1.82, 2.24) is 9.88 Å². The number of rotatable bonds is 9. The van der Waals surface area contributed by atoms with Crippen LogP contribution in [0.1, 0.15) is 28.8 Å². The number of aromatic nitrogens is 1. The van der Waals surface area contributed by atoms with Crippen LogP contribution in [0.15, 0.2) is 72.4 Å². The summed E-state index contributed by atoms with van der Waals surface area (Å²) in [6, 6.07) is 20.5. The number of ether oxygens (including phenoxy) is 1. The van der Waals surface area contributed by atoms with Crippen LogP contribution < -0.4 is 0 Å². The van der Waals surface area contributed by atoms with Gasteiger partial charge in [0.25, 0.3) is 0 Å². The lowest BCUT2D eigenvalue weighted by Gasteiger charge is -2.22. The Morgan fingerprint density at radius 3 is 2.33 bits per heavy atom. The molecule has 0 atom stereocenters. The van der Waals surface area contributed by atoms with Gasteiger partial charge in [-0.25, -0.2) is 4.79 Å². The maximum atomic E-state index is 12.6. The zero-order valence-corrected chi connectivity index (χ0v) is 16.1. The summed E-state index contributed by atoms with van der Waals surface area (Å²) in [5, 5.41) is 0. The molecule has 0 radical (unpaired) electrons. The molecule has 0 unspecified atom stereocenters. The van der Waals surface area contributed by atoms with E-state index in [9.17, 15) is 4.79 Å². The smallest absolute Gasteiger partial charge is 0.410 e. The fraction of sp³-hybridized carbons (Fsp3) is 0.273. The lowest BCUT2D eigenvalue weighted by molar-refractivity contribution is 0.0938. The number of amides is 1. The highest BCUT2D eigenvalue weighted by Crippen LogP contribution is 2.12. The lowest BCUT2D eigenvalue weighted by Crippen LogP contribution is -2.32. The Hall–Kier alpha value is -2.66. The van der Waals surface area contributed by atoms with E-state index < -0.39 is 0 Å². The highest BCUT2D eigenvalue weighted by molar-refractivity contribution is 7.09. The summed E-state index contributed by atoms with van der Waals surface area (Å²) in [5.41, 5.74) is 4.18. The van der Waals surface area contributed by atoms with Crippen LogP contribution in [0.5, 0.6) is 0 Å². The lowest BCUT2D eigenvalue weighted by atomic mass is 10.1. The SMILES string of the molecule is O=C(OCc1cncs1)N(CCCCc1ccccc1)Cc1ccccc1. The molecule has 0 aliphatic carbocycles. The largest absolute Gasteiger partial charge is 0.444 e. The summed E-state index contributed by atoms with van der Waals surface area (Å²) in [6.07, 6.45) is 4.47. The van der Waals surface area contributed by atoms with Crippen LogP contribution in [-0.4, -0.2) is 22.5 Å². The van der Waals surface area contributed by atoms with Crippen molar-refractivity contribution in [1.29, 1.82) is 0 Å². The van der Waals surface area contributed by atoms with E-state index in [2.05, 4.69) is 29.2 Å². The van der Waals surface area contributed by atoms with Crippen LogP contribution in [0.3, 0.4) is 0 Å². The standard InChI is InChI=1S/C22H24N2O2S/c25-22(26-17-21-15-23-18-27-21)24(16-20-12-5-2-6-13-20)14-8-7-11-19-9-3-1-4-10-19/h1-6,9-10,12-13,15,18H,7-8,11,14,16-17H2. The van der Waals surface area contributed by atoms with Crippen molar-refractivity contribution in [2.24, 2.45) is 0 Å². The first-order chi connectivity index (χ1) is 13.3. The molecule has 2 aromatic carbocycles. The molecule has 0 fully saturated rings. The quantitative estimate of drug-likeness (QED) is 0.473. The molecule has 3 rings (SSSR count). The zero-order chi connectivity index (χ0) is 18.7. The average molecular weight is 381 g/mol. The Morgan fingerprint density at radius 2 is 1.67 bits per heavy atom.